The van der Waals surface area contributed by atoms with Gasteiger partial charge in [0.15, 0.2) is 18.2 Å². The molecule has 1 amide bonds. The molecular formula is C21H38N4O9. The number of carbonyl (C=O) groups is 1. The molecule has 6 unspecified atom stereocenters. The normalized spacial score (nSPS) is 44.4. The molecule has 1 saturated carbocycles. The Kier molecular flexibility index (Phi) is 8.42. The van der Waals surface area contributed by atoms with E-state index in [0.29, 0.717) is 25.7 Å². The Balaban J connectivity index is 1.43. The van der Waals surface area contributed by atoms with Crippen LogP contribution in [0.2, 0.25) is 0 Å². The summed E-state index contributed by atoms with van der Waals surface area (Å²) in [6.07, 6.45) is -3.88. The Hall–Kier alpha value is -0.970. The van der Waals surface area contributed by atoms with Crippen LogP contribution in [0.15, 0.2) is 0 Å². The number of aliphatic hydroxyl groups is 4. The Bertz CT molecular complexity index is 699. The van der Waals surface area contributed by atoms with Crippen LogP contribution in [-0.2, 0) is 23.7 Å². The lowest BCUT2D eigenvalue weighted by atomic mass is 9.85. The number of rotatable bonds is 8. The summed E-state index contributed by atoms with van der Waals surface area (Å²) in [6, 6.07) is -0.916. The van der Waals surface area contributed by atoms with Gasteiger partial charge >= 0.3 is 0 Å². The van der Waals surface area contributed by atoms with E-state index in [1.807, 2.05) is 0 Å². The summed E-state index contributed by atoms with van der Waals surface area (Å²) in [6.45, 7) is 0.291. The fourth-order valence-electron chi connectivity index (χ4n) is 5.01. The highest BCUT2D eigenvalue weighted by molar-refractivity contribution is 5.86. The summed E-state index contributed by atoms with van der Waals surface area (Å²) < 4.78 is 23.8. The molecule has 4 rings (SSSR count). The molecule has 1 aliphatic carbocycles. The molecule has 3 heterocycles. The smallest absolute Gasteiger partial charge is 0.254 e. The fraction of sp³-hybridized carbons (Fsp3) is 0.952. The van der Waals surface area contributed by atoms with Crippen molar-refractivity contribution in [2.45, 2.75) is 99.0 Å². The first-order valence-electron chi connectivity index (χ1n) is 12.0. The van der Waals surface area contributed by atoms with E-state index in [1.54, 1.807) is 0 Å². The summed E-state index contributed by atoms with van der Waals surface area (Å²) in [4.78, 5) is 12.5. The van der Waals surface area contributed by atoms with Crippen molar-refractivity contribution in [2.24, 2.45) is 11.5 Å². The van der Waals surface area contributed by atoms with E-state index in [-0.39, 0.29) is 44.8 Å². The molecule has 13 nitrogen and oxygen atoms in total. The van der Waals surface area contributed by atoms with Gasteiger partial charge in [-0.15, -0.1) is 0 Å². The molecule has 196 valence electrons. The van der Waals surface area contributed by atoms with Gasteiger partial charge in [-0.1, -0.05) is 0 Å². The first-order chi connectivity index (χ1) is 16.2. The first kappa shape index (κ1) is 26.1. The summed E-state index contributed by atoms with van der Waals surface area (Å²) in [5.41, 5.74) is 10.7. The average Bonchev–Trinajstić information content (AvgIpc) is 3.24. The summed E-state index contributed by atoms with van der Waals surface area (Å²) in [5, 5.41) is 45.7. The zero-order valence-corrected chi connectivity index (χ0v) is 19.1. The Labute approximate surface area is 198 Å². The van der Waals surface area contributed by atoms with Gasteiger partial charge in [-0.05, 0) is 19.3 Å². The Morgan fingerprint density at radius 3 is 2.50 bits per heavy atom. The maximum Gasteiger partial charge on any atom is 0.254 e. The van der Waals surface area contributed by atoms with E-state index in [2.05, 4.69) is 10.6 Å². The predicted octanol–water partition coefficient (Wildman–Crippen LogP) is -4.01. The van der Waals surface area contributed by atoms with E-state index < -0.39 is 60.6 Å². The molecule has 4 fully saturated rings. The molecule has 0 spiro atoms. The molecule has 13 heteroatoms. The Morgan fingerprint density at radius 1 is 1.12 bits per heavy atom. The SMILES string of the molecule is NCC1O[C@H](O[C@@H]2C(N)CC(NC(=O)C3(O)CNC3)CC2OC2CCC(CO)O2)C[C@H](O)[C@@H]1O. The van der Waals surface area contributed by atoms with Gasteiger partial charge in [-0.3, -0.25) is 4.79 Å². The number of β-amino-alcohol motifs (C(OH)–C–C–N with tert-alkyl or cyclic N) is 1. The molecule has 0 radical (unpaired) electrons. The van der Waals surface area contributed by atoms with Crippen molar-refractivity contribution < 1.29 is 44.2 Å². The van der Waals surface area contributed by atoms with Crippen LogP contribution in [0.3, 0.4) is 0 Å². The molecule has 0 aromatic heterocycles. The van der Waals surface area contributed by atoms with Crippen molar-refractivity contribution in [3.05, 3.63) is 0 Å². The number of carbonyl (C=O) groups excluding carboxylic acids is 1. The largest absolute Gasteiger partial charge is 0.394 e. The quantitative estimate of drug-likeness (QED) is 0.164. The highest BCUT2D eigenvalue weighted by atomic mass is 16.7. The molecule has 3 aliphatic heterocycles. The fourth-order valence-corrected chi connectivity index (χ4v) is 5.01. The second kappa shape index (κ2) is 11.0. The van der Waals surface area contributed by atoms with Crippen LogP contribution >= 0.6 is 0 Å². The highest BCUT2D eigenvalue weighted by Crippen LogP contribution is 2.32. The average molecular weight is 491 g/mol. The highest BCUT2D eigenvalue weighted by Gasteiger charge is 2.47. The van der Waals surface area contributed by atoms with Crippen LogP contribution < -0.4 is 22.1 Å². The number of nitrogens with one attached hydrogen (secondary N) is 2. The van der Waals surface area contributed by atoms with E-state index in [1.165, 1.54) is 0 Å². The van der Waals surface area contributed by atoms with Crippen LogP contribution in [0.4, 0.5) is 0 Å². The van der Waals surface area contributed by atoms with Crippen LogP contribution in [-0.4, -0.2) is 119 Å². The molecule has 34 heavy (non-hydrogen) atoms. The zero-order valence-electron chi connectivity index (χ0n) is 19.1. The number of nitrogens with two attached hydrogens (primary N) is 2. The topological polar surface area (TPSA) is 211 Å². The summed E-state index contributed by atoms with van der Waals surface area (Å²) in [7, 11) is 0. The third-order valence-corrected chi connectivity index (χ3v) is 7.13. The third-order valence-electron chi connectivity index (χ3n) is 7.13. The molecule has 10 atom stereocenters. The molecule has 10 N–H and O–H groups in total. The molecular weight excluding hydrogens is 452 g/mol. The van der Waals surface area contributed by atoms with Crippen molar-refractivity contribution in [1.29, 1.82) is 0 Å². The lowest BCUT2D eigenvalue weighted by Gasteiger charge is -2.45. The molecule has 0 aromatic carbocycles. The third kappa shape index (κ3) is 5.71. The van der Waals surface area contributed by atoms with E-state index in [0.717, 1.165) is 0 Å². The van der Waals surface area contributed by atoms with Gasteiger partial charge in [0.25, 0.3) is 5.91 Å². The number of hydrogen-bond donors (Lipinski definition) is 8. The zero-order chi connectivity index (χ0) is 24.5. The second-order valence-electron chi connectivity index (χ2n) is 9.80. The molecule has 0 aromatic rings. The van der Waals surface area contributed by atoms with Crippen LogP contribution in [0.25, 0.3) is 0 Å². The van der Waals surface area contributed by atoms with Crippen molar-refractivity contribution in [3.63, 3.8) is 0 Å². The van der Waals surface area contributed by atoms with Crippen molar-refractivity contribution in [3.8, 4) is 0 Å². The van der Waals surface area contributed by atoms with E-state index in [9.17, 15) is 25.2 Å². The van der Waals surface area contributed by atoms with Gasteiger partial charge in [-0.2, -0.15) is 0 Å². The second-order valence-corrected chi connectivity index (χ2v) is 9.80. The summed E-state index contributed by atoms with van der Waals surface area (Å²) >= 11 is 0. The molecule has 3 saturated heterocycles. The maximum absolute atomic E-state index is 12.5. The standard InChI is InChI=1S/C21H38N4O9/c22-6-15-18(28)13(27)5-17(33-15)34-19-12(23)3-10(25-20(29)21(30)8-24-9-21)4-14(19)32-16-2-1-11(7-26)31-16/h10-19,24,26-28,30H,1-9,22-23H2,(H,25,29)/t10?,11?,12?,13-,14?,15?,16?,17+,18-,19+/m0/s1. The van der Waals surface area contributed by atoms with E-state index >= 15 is 0 Å². The van der Waals surface area contributed by atoms with Gasteiger partial charge in [0.2, 0.25) is 0 Å². The number of ether oxygens (including phenoxy) is 4. The number of amides is 1. The first-order valence-corrected chi connectivity index (χ1v) is 12.0. The minimum atomic E-state index is -1.43. The van der Waals surface area contributed by atoms with Crippen LogP contribution in [0.1, 0.15) is 32.1 Å². The van der Waals surface area contributed by atoms with E-state index in [4.69, 9.17) is 30.4 Å². The van der Waals surface area contributed by atoms with Gasteiger partial charge in [0.1, 0.15) is 18.3 Å². The summed E-state index contributed by atoms with van der Waals surface area (Å²) in [5.74, 6) is -0.461. The Morgan fingerprint density at radius 2 is 1.88 bits per heavy atom. The maximum atomic E-state index is 12.5. The van der Waals surface area contributed by atoms with Gasteiger partial charge in [-0.25, -0.2) is 0 Å². The van der Waals surface area contributed by atoms with Crippen molar-refractivity contribution in [2.75, 3.05) is 26.2 Å². The van der Waals surface area contributed by atoms with Crippen LogP contribution in [0.5, 0.6) is 0 Å². The minimum absolute atomic E-state index is 0.0130. The monoisotopic (exact) mass is 490 g/mol. The molecule has 0 bridgehead atoms. The molecule has 4 aliphatic rings. The number of aliphatic hydroxyl groups excluding tert-OH is 3. The minimum Gasteiger partial charge on any atom is -0.394 e. The lowest BCUT2D eigenvalue weighted by molar-refractivity contribution is -0.288. The van der Waals surface area contributed by atoms with Crippen molar-refractivity contribution >= 4 is 5.91 Å². The van der Waals surface area contributed by atoms with Crippen molar-refractivity contribution in [1.82, 2.24) is 10.6 Å². The van der Waals surface area contributed by atoms with Crippen LogP contribution in [0, 0.1) is 0 Å². The van der Waals surface area contributed by atoms with Gasteiger partial charge < -0.3 is 61.5 Å². The van der Waals surface area contributed by atoms with Gasteiger partial charge in [0.05, 0.1) is 24.9 Å². The number of hydrogen-bond acceptors (Lipinski definition) is 12. The lowest BCUT2D eigenvalue weighted by Crippen LogP contribution is -2.69. The van der Waals surface area contributed by atoms with Gasteiger partial charge in [0, 0.05) is 44.6 Å². The predicted molar refractivity (Wildman–Crippen MR) is 116 cm³/mol.